The van der Waals surface area contributed by atoms with Crippen LogP contribution in [-0.4, -0.2) is 6.71 Å². The highest BCUT2D eigenvalue weighted by Gasteiger charge is 2.40. The van der Waals surface area contributed by atoms with Crippen LogP contribution < -0.4 is 16.4 Å². The van der Waals surface area contributed by atoms with Gasteiger partial charge in [-0.25, -0.2) is 0 Å². The fourth-order valence-corrected chi connectivity index (χ4v) is 8.99. The first-order valence-corrected chi connectivity index (χ1v) is 14.8. The van der Waals surface area contributed by atoms with Gasteiger partial charge >= 0.3 is 0 Å². The second-order valence-corrected chi connectivity index (χ2v) is 12.3. The maximum absolute atomic E-state index is 2.52. The molecule has 0 N–H and O–H groups in total. The standard InChI is InChI=1S/C40H23B/c1-3-10-24-22(8-1)18-30-26-12-6-16-36-38(26)34(20-32(24)30)28-14-5-15-29-35-21-33-25-11-4-2-9-23(25)19-31(33)27-13-7-17-37(39(27)35)41(36)40(28)29/h1-17,20-21H,18-19H2. The molecular formula is C40H23B. The quantitative estimate of drug-likeness (QED) is 0.183. The van der Waals surface area contributed by atoms with Crippen LogP contribution in [0.4, 0.5) is 0 Å². The van der Waals surface area contributed by atoms with Crippen LogP contribution >= 0.6 is 0 Å². The minimum atomic E-state index is 0.247. The Morgan fingerprint density at radius 3 is 1.39 bits per heavy atom. The van der Waals surface area contributed by atoms with Crippen molar-refractivity contribution >= 4 is 44.6 Å². The molecule has 2 aliphatic heterocycles. The zero-order valence-corrected chi connectivity index (χ0v) is 22.5. The van der Waals surface area contributed by atoms with Crippen LogP contribution in [0.5, 0.6) is 0 Å². The molecule has 7 aromatic rings. The van der Waals surface area contributed by atoms with Crippen molar-refractivity contribution in [3.8, 4) is 44.5 Å². The zero-order chi connectivity index (χ0) is 26.4. The molecule has 2 heterocycles. The lowest BCUT2D eigenvalue weighted by atomic mass is 9.31. The van der Waals surface area contributed by atoms with Crippen LogP contribution in [0, 0.1) is 0 Å². The molecule has 2 aliphatic carbocycles. The first kappa shape index (κ1) is 20.9. The summed E-state index contributed by atoms with van der Waals surface area (Å²) >= 11 is 0. The van der Waals surface area contributed by atoms with E-state index >= 15 is 0 Å². The summed E-state index contributed by atoms with van der Waals surface area (Å²) in [6.07, 6.45) is 2.04. The predicted molar refractivity (Wildman–Crippen MR) is 173 cm³/mol. The van der Waals surface area contributed by atoms with E-state index in [1.807, 2.05) is 0 Å². The van der Waals surface area contributed by atoms with Gasteiger partial charge in [0.2, 0.25) is 6.71 Å². The Morgan fingerprint density at radius 2 is 0.854 bits per heavy atom. The van der Waals surface area contributed by atoms with Gasteiger partial charge in [-0.05, 0) is 113 Å². The fourth-order valence-electron chi connectivity index (χ4n) is 8.99. The highest BCUT2D eigenvalue weighted by Crippen LogP contribution is 2.48. The van der Waals surface area contributed by atoms with Crippen molar-refractivity contribution < 1.29 is 0 Å². The molecule has 186 valence electrons. The van der Waals surface area contributed by atoms with Crippen LogP contribution in [0.2, 0.25) is 0 Å². The summed E-state index contributed by atoms with van der Waals surface area (Å²) in [4.78, 5) is 0. The molecule has 0 unspecified atom stereocenters. The summed E-state index contributed by atoms with van der Waals surface area (Å²) < 4.78 is 0. The highest BCUT2D eigenvalue weighted by molar-refractivity contribution is 7.01. The fraction of sp³-hybridized carbons (Fsp3) is 0.0500. The van der Waals surface area contributed by atoms with E-state index < -0.39 is 0 Å². The molecule has 0 bridgehead atoms. The minimum Gasteiger partial charge on any atom is -0.0663 e. The van der Waals surface area contributed by atoms with Crippen molar-refractivity contribution in [2.75, 3.05) is 0 Å². The van der Waals surface area contributed by atoms with Crippen LogP contribution in [0.15, 0.2) is 115 Å². The number of rotatable bonds is 0. The summed E-state index contributed by atoms with van der Waals surface area (Å²) in [6, 6.07) is 44.3. The van der Waals surface area contributed by atoms with Crippen molar-refractivity contribution in [3.63, 3.8) is 0 Å². The Kier molecular flexibility index (Phi) is 3.61. The third kappa shape index (κ3) is 2.38. The molecule has 0 amide bonds. The van der Waals surface area contributed by atoms with Gasteiger partial charge in [0.1, 0.15) is 0 Å². The smallest absolute Gasteiger partial charge is 0.0663 e. The molecule has 0 saturated carbocycles. The van der Waals surface area contributed by atoms with Gasteiger partial charge in [-0.1, -0.05) is 120 Å². The van der Waals surface area contributed by atoms with Crippen molar-refractivity contribution in [2.45, 2.75) is 12.8 Å². The van der Waals surface area contributed by atoms with E-state index in [0.717, 1.165) is 12.8 Å². The molecule has 0 spiro atoms. The first-order valence-electron chi connectivity index (χ1n) is 14.8. The van der Waals surface area contributed by atoms with E-state index in [1.165, 1.54) is 105 Å². The molecule has 41 heavy (non-hydrogen) atoms. The summed E-state index contributed by atoms with van der Waals surface area (Å²) in [5.41, 5.74) is 21.6. The van der Waals surface area contributed by atoms with Gasteiger partial charge in [0.05, 0.1) is 0 Å². The lowest BCUT2D eigenvalue weighted by Gasteiger charge is -2.35. The average molecular weight is 514 g/mol. The predicted octanol–water partition coefficient (Wildman–Crippen LogP) is 7.61. The Morgan fingerprint density at radius 1 is 0.390 bits per heavy atom. The Hall–Kier alpha value is -4.88. The lowest BCUT2D eigenvalue weighted by Crippen LogP contribution is -2.57. The molecule has 1 heteroatoms. The van der Waals surface area contributed by atoms with Crippen LogP contribution in [0.3, 0.4) is 0 Å². The number of benzene rings is 7. The van der Waals surface area contributed by atoms with E-state index in [2.05, 4.69) is 115 Å². The molecular weight excluding hydrogens is 491 g/mol. The summed E-state index contributed by atoms with van der Waals surface area (Å²) in [6.45, 7) is 0.247. The molecule has 0 radical (unpaired) electrons. The molecule has 11 rings (SSSR count). The van der Waals surface area contributed by atoms with Crippen LogP contribution in [0.1, 0.15) is 22.3 Å². The Bertz CT molecular complexity index is 2210. The topological polar surface area (TPSA) is 0 Å². The summed E-state index contributed by atoms with van der Waals surface area (Å²) in [5.74, 6) is 0. The van der Waals surface area contributed by atoms with E-state index in [-0.39, 0.29) is 6.71 Å². The van der Waals surface area contributed by atoms with E-state index in [4.69, 9.17) is 0 Å². The molecule has 4 aliphatic rings. The zero-order valence-electron chi connectivity index (χ0n) is 22.5. The Balaban J connectivity index is 1.29. The second kappa shape index (κ2) is 7.06. The largest absolute Gasteiger partial charge is 0.244 e. The van der Waals surface area contributed by atoms with Gasteiger partial charge < -0.3 is 0 Å². The molecule has 0 saturated heterocycles. The van der Waals surface area contributed by atoms with E-state index in [9.17, 15) is 0 Å². The van der Waals surface area contributed by atoms with Crippen molar-refractivity contribution in [1.82, 2.24) is 0 Å². The maximum Gasteiger partial charge on any atom is 0.244 e. The average Bonchev–Trinajstić information content (AvgIpc) is 3.59. The van der Waals surface area contributed by atoms with Gasteiger partial charge in [0.25, 0.3) is 0 Å². The first-order chi connectivity index (χ1) is 20.3. The maximum atomic E-state index is 2.52. The van der Waals surface area contributed by atoms with Crippen LogP contribution in [0.25, 0.3) is 66.1 Å². The molecule has 0 nitrogen and oxygen atoms in total. The van der Waals surface area contributed by atoms with Gasteiger partial charge in [-0.15, -0.1) is 0 Å². The monoisotopic (exact) mass is 514 g/mol. The second-order valence-electron chi connectivity index (χ2n) is 12.3. The Labute approximate surface area is 239 Å². The SMILES string of the molecule is c1ccc2c(c1)Cc1c-2cc2c3c(cccc13)B1c3c-2cccc3-c2cc3c(c4cccc1c24)Cc1ccccc1-3. The molecule has 7 aromatic carbocycles. The number of hydrogen-bond acceptors (Lipinski definition) is 0. The van der Waals surface area contributed by atoms with Gasteiger partial charge in [0.15, 0.2) is 0 Å². The molecule has 0 atom stereocenters. The normalized spacial score (nSPS) is 14.1. The lowest BCUT2D eigenvalue weighted by molar-refractivity contribution is 1.28. The summed E-state index contributed by atoms with van der Waals surface area (Å²) in [7, 11) is 0. The number of fused-ring (bicyclic) bond motifs is 12. The molecule has 0 fully saturated rings. The van der Waals surface area contributed by atoms with Gasteiger partial charge in [-0.3, -0.25) is 0 Å². The third-order valence-corrected chi connectivity index (χ3v) is 10.6. The van der Waals surface area contributed by atoms with Gasteiger partial charge in [-0.2, -0.15) is 0 Å². The van der Waals surface area contributed by atoms with Crippen molar-refractivity contribution in [2.24, 2.45) is 0 Å². The van der Waals surface area contributed by atoms with E-state index in [1.54, 1.807) is 0 Å². The molecule has 0 aromatic heterocycles. The third-order valence-electron chi connectivity index (χ3n) is 10.6. The van der Waals surface area contributed by atoms with Crippen LogP contribution in [-0.2, 0) is 12.8 Å². The summed E-state index contributed by atoms with van der Waals surface area (Å²) in [5, 5.41) is 5.79. The number of hydrogen-bond donors (Lipinski definition) is 0. The van der Waals surface area contributed by atoms with Crippen molar-refractivity contribution in [1.29, 1.82) is 0 Å². The van der Waals surface area contributed by atoms with Crippen molar-refractivity contribution in [3.05, 3.63) is 138 Å². The van der Waals surface area contributed by atoms with Gasteiger partial charge in [0, 0.05) is 0 Å². The minimum absolute atomic E-state index is 0.247. The highest BCUT2D eigenvalue weighted by atomic mass is 14.3. The van der Waals surface area contributed by atoms with E-state index in [0.29, 0.717) is 0 Å².